The molecule has 0 spiro atoms. The zero-order valence-electron chi connectivity index (χ0n) is 12.6. The summed E-state index contributed by atoms with van der Waals surface area (Å²) < 4.78 is 4.97. The zero-order chi connectivity index (χ0) is 16.2. The molecule has 2 heterocycles. The minimum absolute atomic E-state index is 0.0198. The molecular weight excluding hydrogens is 296 g/mol. The van der Waals surface area contributed by atoms with Crippen LogP contribution in [0.2, 0.25) is 0 Å². The molecule has 1 aliphatic rings. The number of carbonyl (C=O) groups is 2. The average molecular weight is 314 g/mol. The predicted octanol–water partition coefficient (Wildman–Crippen LogP) is 1.77. The van der Waals surface area contributed by atoms with Gasteiger partial charge in [0.05, 0.1) is 0 Å². The lowest BCUT2D eigenvalue weighted by Gasteiger charge is -2.28. The largest absolute Gasteiger partial charge is 0.475 e. The van der Waals surface area contributed by atoms with Crippen molar-refractivity contribution >= 4 is 11.9 Å². The normalized spacial score (nSPS) is 14.3. The van der Waals surface area contributed by atoms with Crippen LogP contribution in [0, 0.1) is 0 Å². The number of nitrogens with one attached hydrogen (secondary N) is 1. The number of hydrogen-bond acceptors (Lipinski definition) is 4. The summed E-state index contributed by atoms with van der Waals surface area (Å²) >= 11 is 0. The molecule has 0 unspecified atom stereocenters. The van der Waals surface area contributed by atoms with Crippen molar-refractivity contribution in [3.63, 3.8) is 0 Å². The van der Waals surface area contributed by atoms with E-state index in [4.69, 9.17) is 9.52 Å². The summed E-state index contributed by atoms with van der Waals surface area (Å²) in [6.07, 6.45) is 1.02. The molecule has 6 heteroatoms. The molecular formula is C17H18N2O4. The third kappa shape index (κ3) is 3.60. The Labute approximate surface area is 133 Å². The second-order valence-electron chi connectivity index (χ2n) is 5.52. The summed E-state index contributed by atoms with van der Waals surface area (Å²) in [4.78, 5) is 24.9. The molecule has 0 fully saturated rings. The first-order valence-electron chi connectivity index (χ1n) is 7.54. The molecule has 120 valence electrons. The standard InChI is InChI=1S/C17H18N2O4/c20-16(14-5-6-15(23-14)17(21)22)18-8-10-19-9-7-12-3-1-2-4-13(12)11-19/h1-6H,7-11H2,(H,18,20)(H,21,22). The number of aromatic carboxylic acids is 1. The number of rotatable bonds is 5. The van der Waals surface area contributed by atoms with Gasteiger partial charge < -0.3 is 14.8 Å². The number of carbonyl (C=O) groups excluding carboxylic acids is 1. The quantitative estimate of drug-likeness (QED) is 0.879. The Kier molecular flexibility index (Phi) is 4.43. The highest BCUT2D eigenvalue weighted by atomic mass is 16.4. The fourth-order valence-corrected chi connectivity index (χ4v) is 2.73. The fraction of sp³-hybridized carbons (Fsp3) is 0.294. The molecule has 0 saturated heterocycles. The van der Waals surface area contributed by atoms with Crippen LogP contribution in [0.3, 0.4) is 0 Å². The molecule has 1 aromatic heterocycles. The minimum atomic E-state index is -1.18. The van der Waals surface area contributed by atoms with Crippen molar-refractivity contribution < 1.29 is 19.1 Å². The molecule has 2 aromatic rings. The molecule has 1 amide bonds. The van der Waals surface area contributed by atoms with Crippen molar-refractivity contribution in [3.05, 3.63) is 59.0 Å². The van der Waals surface area contributed by atoms with Gasteiger partial charge in [-0.3, -0.25) is 9.69 Å². The van der Waals surface area contributed by atoms with E-state index in [1.54, 1.807) is 0 Å². The average Bonchev–Trinajstić information content (AvgIpc) is 3.05. The first-order chi connectivity index (χ1) is 11.1. The van der Waals surface area contributed by atoms with Gasteiger partial charge in [-0.1, -0.05) is 24.3 Å². The van der Waals surface area contributed by atoms with E-state index in [1.165, 1.54) is 23.3 Å². The van der Waals surface area contributed by atoms with E-state index in [0.29, 0.717) is 6.54 Å². The maximum Gasteiger partial charge on any atom is 0.371 e. The van der Waals surface area contributed by atoms with Crippen LogP contribution < -0.4 is 5.32 Å². The second-order valence-corrected chi connectivity index (χ2v) is 5.52. The number of hydrogen-bond donors (Lipinski definition) is 2. The highest BCUT2D eigenvalue weighted by Gasteiger charge is 2.17. The molecule has 1 aromatic carbocycles. The monoisotopic (exact) mass is 314 g/mol. The Morgan fingerprint density at radius 1 is 1.13 bits per heavy atom. The van der Waals surface area contributed by atoms with Gasteiger partial charge in [0.15, 0.2) is 5.76 Å². The number of nitrogens with zero attached hydrogens (tertiary/aromatic N) is 1. The van der Waals surface area contributed by atoms with E-state index in [1.807, 2.05) is 6.07 Å². The molecule has 2 N–H and O–H groups in total. The molecule has 23 heavy (non-hydrogen) atoms. The van der Waals surface area contributed by atoms with Crippen molar-refractivity contribution in [2.24, 2.45) is 0 Å². The Morgan fingerprint density at radius 2 is 1.87 bits per heavy atom. The third-order valence-corrected chi connectivity index (χ3v) is 3.96. The van der Waals surface area contributed by atoms with E-state index in [-0.39, 0.29) is 11.5 Å². The van der Waals surface area contributed by atoms with E-state index >= 15 is 0 Å². The van der Waals surface area contributed by atoms with Gasteiger partial charge in [0.25, 0.3) is 5.91 Å². The summed E-state index contributed by atoms with van der Waals surface area (Å²) in [6.45, 7) is 3.09. The van der Waals surface area contributed by atoms with Crippen LogP contribution >= 0.6 is 0 Å². The van der Waals surface area contributed by atoms with E-state index in [0.717, 1.165) is 26.1 Å². The molecule has 0 radical (unpaired) electrons. The summed E-state index contributed by atoms with van der Waals surface area (Å²) in [5.74, 6) is -1.79. The predicted molar refractivity (Wildman–Crippen MR) is 83.4 cm³/mol. The SMILES string of the molecule is O=C(O)c1ccc(C(=O)NCCN2CCc3ccccc3C2)o1. The number of fused-ring (bicyclic) bond motifs is 1. The van der Waals surface area contributed by atoms with Crippen molar-refractivity contribution in [3.8, 4) is 0 Å². The highest BCUT2D eigenvalue weighted by molar-refractivity contribution is 5.93. The van der Waals surface area contributed by atoms with Gasteiger partial charge in [-0.2, -0.15) is 0 Å². The highest BCUT2D eigenvalue weighted by Crippen LogP contribution is 2.17. The number of carboxylic acid groups (broad SMARTS) is 1. The first-order valence-corrected chi connectivity index (χ1v) is 7.54. The number of carboxylic acids is 1. The van der Waals surface area contributed by atoms with Crippen LogP contribution in [-0.4, -0.2) is 41.5 Å². The Bertz CT molecular complexity index is 723. The summed E-state index contributed by atoms with van der Waals surface area (Å²) in [5, 5.41) is 11.5. The van der Waals surface area contributed by atoms with Gasteiger partial charge in [0.2, 0.25) is 5.76 Å². The van der Waals surface area contributed by atoms with Gasteiger partial charge in [0.1, 0.15) is 0 Å². The van der Waals surface area contributed by atoms with Crippen LogP contribution in [0.5, 0.6) is 0 Å². The van der Waals surface area contributed by atoms with Crippen molar-refractivity contribution in [1.29, 1.82) is 0 Å². The molecule has 0 bridgehead atoms. The molecule has 0 saturated carbocycles. The lowest BCUT2D eigenvalue weighted by atomic mass is 10.00. The van der Waals surface area contributed by atoms with E-state index in [2.05, 4.69) is 28.4 Å². The van der Waals surface area contributed by atoms with Gasteiger partial charge in [0, 0.05) is 26.2 Å². The Balaban J connectivity index is 1.48. The van der Waals surface area contributed by atoms with Gasteiger partial charge in [-0.15, -0.1) is 0 Å². The lowest BCUT2D eigenvalue weighted by molar-refractivity contribution is 0.0659. The van der Waals surface area contributed by atoms with Gasteiger partial charge >= 0.3 is 5.97 Å². The Morgan fingerprint density at radius 3 is 2.61 bits per heavy atom. The molecule has 1 aliphatic heterocycles. The molecule has 0 atom stereocenters. The maximum absolute atomic E-state index is 11.9. The maximum atomic E-state index is 11.9. The smallest absolute Gasteiger partial charge is 0.371 e. The van der Waals surface area contributed by atoms with Crippen LogP contribution in [-0.2, 0) is 13.0 Å². The Hall–Kier alpha value is -2.60. The van der Waals surface area contributed by atoms with E-state index in [9.17, 15) is 9.59 Å². The minimum Gasteiger partial charge on any atom is -0.475 e. The van der Waals surface area contributed by atoms with Crippen LogP contribution in [0.1, 0.15) is 32.2 Å². The van der Waals surface area contributed by atoms with Crippen LogP contribution in [0.4, 0.5) is 0 Å². The van der Waals surface area contributed by atoms with E-state index < -0.39 is 11.9 Å². The second kappa shape index (κ2) is 6.66. The van der Waals surface area contributed by atoms with Crippen molar-refractivity contribution in [2.75, 3.05) is 19.6 Å². The fourth-order valence-electron chi connectivity index (χ4n) is 2.73. The number of furan rings is 1. The number of amides is 1. The van der Waals surface area contributed by atoms with Gasteiger partial charge in [-0.25, -0.2) is 4.79 Å². The van der Waals surface area contributed by atoms with Gasteiger partial charge in [-0.05, 0) is 29.7 Å². The summed E-state index contributed by atoms with van der Waals surface area (Å²) in [7, 11) is 0. The summed E-state index contributed by atoms with van der Waals surface area (Å²) in [5.41, 5.74) is 2.73. The lowest BCUT2D eigenvalue weighted by Crippen LogP contribution is -2.37. The van der Waals surface area contributed by atoms with Crippen LogP contribution in [0.25, 0.3) is 0 Å². The topological polar surface area (TPSA) is 82.8 Å². The zero-order valence-corrected chi connectivity index (χ0v) is 12.6. The summed E-state index contributed by atoms with van der Waals surface area (Å²) in [6, 6.07) is 11.0. The van der Waals surface area contributed by atoms with Crippen molar-refractivity contribution in [2.45, 2.75) is 13.0 Å². The molecule has 6 nitrogen and oxygen atoms in total. The van der Waals surface area contributed by atoms with Crippen molar-refractivity contribution in [1.82, 2.24) is 10.2 Å². The molecule has 3 rings (SSSR count). The molecule has 0 aliphatic carbocycles. The first kappa shape index (κ1) is 15.3. The van der Waals surface area contributed by atoms with Crippen LogP contribution in [0.15, 0.2) is 40.8 Å². The number of benzene rings is 1. The third-order valence-electron chi connectivity index (χ3n) is 3.96.